The molecule has 0 spiro atoms. The molecule has 2 N–H and O–H groups in total. The Bertz CT molecular complexity index is 636. The molecule has 78 valence electrons. The lowest BCUT2D eigenvalue weighted by Gasteiger charge is -2.15. The molecule has 2 heterocycles. The molecule has 0 atom stereocenters. The van der Waals surface area contributed by atoms with Gasteiger partial charge in [-0.05, 0) is 37.9 Å². The fourth-order valence-electron chi connectivity index (χ4n) is 2.19. The van der Waals surface area contributed by atoms with Crippen molar-refractivity contribution in [2.75, 3.05) is 0 Å². The molecule has 6 heteroatoms. The first-order valence-corrected chi connectivity index (χ1v) is 5.39. The van der Waals surface area contributed by atoms with Gasteiger partial charge in [-0.3, -0.25) is 14.2 Å². The first kappa shape index (κ1) is 8.84. The lowest BCUT2D eigenvalue weighted by atomic mass is 9.97. The summed E-state index contributed by atoms with van der Waals surface area (Å²) in [5, 5.41) is 6.68. The average Bonchev–Trinajstić information content (AvgIpc) is 2.61. The fourth-order valence-corrected chi connectivity index (χ4v) is 2.43. The smallest absolute Gasteiger partial charge is 0.255 e. The van der Waals surface area contributed by atoms with E-state index in [1.165, 1.54) is 0 Å². The average molecular weight is 222 g/mol. The molecule has 0 aromatic carbocycles. The normalized spacial score (nSPS) is 15.5. The van der Waals surface area contributed by atoms with Crippen molar-refractivity contribution in [3.63, 3.8) is 0 Å². The number of fused-ring (bicyclic) bond motifs is 3. The van der Waals surface area contributed by atoms with Crippen LogP contribution in [0.3, 0.4) is 0 Å². The van der Waals surface area contributed by atoms with Crippen LogP contribution in [-0.4, -0.2) is 19.6 Å². The number of hydrogen-bond acceptors (Lipinski definition) is 3. The summed E-state index contributed by atoms with van der Waals surface area (Å²) in [5.41, 5.74) is 1.87. The van der Waals surface area contributed by atoms with Gasteiger partial charge in [-0.25, -0.2) is 5.10 Å². The predicted octanol–water partition coefficient (Wildman–Crippen LogP) is 0.959. The zero-order valence-electron chi connectivity index (χ0n) is 8.04. The largest absolute Gasteiger partial charge is 0.290 e. The minimum atomic E-state index is -0.0220. The third kappa shape index (κ3) is 1.18. The molecule has 0 amide bonds. The van der Waals surface area contributed by atoms with Crippen molar-refractivity contribution in [3.05, 3.63) is 26.4 Å². The molecule has 0 unspecified atom stereocenters. The number of aromatic amines is 2. The number of hydrogen-bond donors (Lipinski definition) is 2. The molecule has 0 bridgehead atoms. The van der Waals surface area contributed by atoms with Gasteiger partial charge in [0.1, 0.15) is 0 Å². The van der Waals surface area contributed by atoms with Gasteiger partial charge >= 0.3 is 0 Å². The van der Waals surface area contributed by atoms with Gasteiger partial charge in [0.05, 0.1) is 0 Å². The van der Waals surface area contributed by atoms with Crippen molar-refractivity contribution in [2.45, 2.75) is 25.7 Å². The maximum Gasteiger partial charge on any atom is 0.255 e. The number of rotatable bonds is 0. The number of nitrogens with one attached hydrogen (secondary N) is 2. The van der Waals surface area contributed by atoms with Gasteiger partial charge in [0.15, 0.2) is 0 Å². The van der Waals surface area contributed by atoms with Gasteiger partial charge in [-0.1, -0.05) is 0 Å². The molecule has 0 saturated carbocycles. The highest BCUT2D eigenvalue weighted by Crippen LogP contribution is 2.18. The Morgan fingerprint density at radius 3 is 3.00 bits per heavy atom. The molecule has 2 aromatic heterocycles. The van der Waals surface area contributed by atoms with Gasteiger partial charge in [-0.15, -0.1) is 5.10 Å². The number of H-pyrrole nitrogens is 2. The van der Waals surface area contributed by atoms with Crippen LogP contribution in [0.1, 0.15) is 24.1 Å². The van der Waals surface area contributed by atoms with Gasteiger partial charge < -0.3 is 0 Å². The fraction of sp³-hybridized carbons (Fsp3) is 0.444. The maximum absolute atomic E-state index is 11.7. The number of aromatic nitrogens is 4. The van der Waals surface area contributed by atoms with E-state index in [9.17, 15) is 4.79 Å². The highest BCUT2D eigenvalue weighted by molar-refractivity contribution is 7.71. The van der Waals surface area contributed by atoms with E-state index in [1.807, 2.05) is 4.40 Å². The first-order valence-electron chi connectivity index (χ1n) is 4.98. The molecule has 1 aliphatic rings. The molecule has 5 nitrogen and oxygen atoms in total. The van der Waals surface area contributed by atoms with Crippen LogP contribution in [0.5, 0.6) is 0 Å². The zero-order chi connectivity index (χ0) is 10.4. The molecular formula is C9H10N4OS. The second-order valence-electron chi connectivity index (χ2n) is 3.77. The van der Waals surface area contributed by atoms with Crippen molar-refractivity contribution in [1.82, 2.24) is 19.6 Å². The van der Waals surface area contributed by atoms with Crippen molar-refractivity contribution in [2.24, 2.45) is 0 Å². The number of nitrogens with zero attached hydrogens (tertiary/aromatic N) is 2. The van der Waals surface area contributed by atoms with Crippen molar-refractivity contribution in [3.8, 4) is 0 Å². The SMILES string of the molecule is O=c1[nH]c2n[nH]c(=S)n2c2c1CCCC2. The Hall–Kier alpha value is -1.43. The molecule has 2 aromatic rings. The van der Waals surface area contributed by atoms with E-state index in [0.717, 1.165) is 36.9 Å². The lowest BCUT2D eigenvalue weighted by molar-refractivity contribution is 0.648. The first-order chi connectivity index (χ1) is 7.27. The summed E-state index contributed by atoms with van der Waals surface area (Å²) in [6.45, 7) is 0. The highest BCUT2D eigenvalue weighted by atomic mass is 32.1. The van der Waals surface area contributed by atoms with E-state index in [4.69, 9.17) is 12.2 Å². The second kappa shape index (κ2) is 3.03. The number of aryl methyl sites for hydroxylation is 1. The molecular weight excluding hydrogens is 212 g/mol. The topological polar surface area (TPSA) is 66.0 Å². The molecule has 1 aliphatic carbocycles. The molecule has 0 aliphatic heterocycles. The Morgan fingerprint density at radius 2 is 2.13 bits per heavy atom. The molecule has 15 heavy (non-hydrogen) atoms. The maximum atomic E-state index is 11.7. The zero-order valence-corrected chi connectivity index (χ0v) is 8.86. The molecule has 0 fully saturated rings. The third-order valence-corrected chi connectivity index (χ3v) is 3.15. The predicted molar refractivity (Wildman–Crippen MR) is 57.6 cm³/mol. The van der Waals surface area contributed by atoms with Gasteiger partial charge in [0.25, 0.3) is 5.56 Å². The Balaban J connectivity index is 2.53. The molecule has 3 rings (SSSR count). The van der Waals surface area contributed by atoms with E-state index >= 15 is 0 Å². The highest BCUT2D eigenvalue weighted by Gasteiger charge is 2.17. The van der Waals surface area contributed by atoms with Crippen LogP contribution in [0.15, 0.2) is 4.79 Å². The van der Waals surface area contributed by atoms with Crippen molar-refractivity contribution >= 4 is 18.0 Å². The minimum Gasteiger partial charge on any atom is -0.290 e. The summed E-state index contributed by atoms with van der Waals surface area (Å²) < 4.78 is 2.39. The molecule has 0 radical (unpaired) electrons. The van der Waals surface area contributed by atoms with E-state index in [2.05, 4.69) is 15.2 Å². The Kier molecular flexibility index (Phi) is 1.79. The Morgan fingerprint density at radius 1 is 1.33 bits per heavy atom. The van der Waals surface area contributed by atoms with Crippen LogP contribution < -0.4 is 5.56 Å². The van der Waals surface area contributed by atoms with Crippen LogP contribution in [-0.2, 0) is 12.8 Å². The second-order valence-corrected chi connectivity index (χ2v) is 4.16. The summed E-state index contributed by atoms with van der Waals surface area (Å²) in [7, 11) is 0. The van der Waals surface area contributed by atoms with Crippen molar-refractivity contribution in [1.29, 1.82) is 0 Å². The van der Waals surface area contributed by atoms with E-state index in [0.29, 0.717) is 10.5 Å². The van der Waals surface area contributed by atoms with Crippen molar-refractivity contribution < 1.29 is 0 Å². The van der Waals surface area contributed by atoms with Crippen LogP contribution in [0.4, 0.5) is 0 Å². The van der Waals surface area contributed by atoms with Crippen LogP contribution in [0.25, 0.3) is 5.78 Å². The van der Waals surface area contributed by atoms with E-state index < -0.39 is 0 Å². The summed E-state index contributed by atoms with van der Waals surface area (Å²) in [5.74, 6) is 0.519. The summed E-state index contributed by atoms with van der Waals surface area (Å²) in [4.78, 5) is 14.5. The monoisotopic (exact) mass is 222 g/mol. The van der Waals surface area contributed by atoms with E-state index in [1.54, 1.807) is 0 Å². The van der Waals surface area contributed by atoms with Gasteiger partial charge in [-0.2, -0.15) is 0 Å². The minimum absolute atomic E-state index is 0.0220. The Labute approximate surface area is 90.2 Å². The molecule has 0 saturated heterocycles. The summed E-state index contributed by atoms with van der Waals surface area (Å²) in [6, 6.07) is 0. The standard InChI is InChI=1S/C9H10N4OS/c14-7-5-3-1-2-4-6(5)13-8(10-7)11-12-9(13)15/h1-4H2,(H,12,15)(H,10,11,14). The van der Waals surface area contributed by atoms with Crippen LogP contribution >= 0.6 is 12.2 Å². The summed E-state index contributed by atoms with van der Waals surface area (Å²) >= 11 is 5.14. The van der Waals surface area contributed by atoms with Crippen LogP contribution in [0.2, 0.25) is 0 Å². The van der Waals surface area contributed by atoms with E-state index in [-0.39, 0.29) is 5.56 Å². The summed E-state index contributed by atoms with van der Waals surface area (Å²) in [6.07, 6.45) is 3.93. The lowest BCUT2D eigenvalue weighted by Crippen LogP contribution is -2.22. The van der Waals surface area contributed by atoms with Crippen LogP contribution in [0, 0.1) is 4.77 Å². The van der Waals surface area contributed by atoms with Gasteiger partial charge in [0, 0.05) is 11.3 Å². The third-order valence-electron chi connectivity index (χ3n) is 2.88. The van der Waals surface area contributed by atoms with Gasteiger partial charge in [0.2, 0.25) is 10.5 Å². The quantitative estimate of drug-likeness (QED) is 0.652.